The fraction of sp³-hybridized carbons (Fsp3) is 0.818. The lowest BCUT2D eigenvalue weighted by Gasteiger charge is -2.45. The van der Waals surface area contributed by atoms with E-state index in [1.165, 1.54) is 0 Å². The van der Waals surface area contributed by atoms with Crippen molar-refractivity contribution in [3.05, 3.63) is 0 Å². The van der Waals surface area contributed by atoms with Crippen molar-refractivity contribution in [2.75, 3.05) is 6.54 Å². The molecule has 90 valence electrons. The van der Waals surface area contributed by atoms with E-state index in [4.69, 9.17) is 5.11 Å². The van der Waals surface area contributed by atoms with Gasteiger partial charge in [0.2, 0.25) is 5.91 Å². The monoisotopic (exact) mass is 226 g/mol. The van der Waals surface area contributed by atoms with E-state index in [-0.39, 0.29) is 23.4 Å². The summed E-state index contributed by atoms with van der Waals surface area (Å²) in [4.78, 5) is 22.2. The summed E-state index contributed by atoms with van der Waals surface area (Å²) in [5.41, 5.74) is -0.0702. The highest BCUT2D eigenvalue weighted by Crippen LogP contribution is 2.33. The van der Waals surface area contributed by atoms with E-state index in [0.717, 1.165) is 12.8 Å². The maximum atomic E-state index is 11.3. The number of amides is 1. The van der Waals surface area contributed by atoms with Crippen LogP contribution in [-0.4, -0.2) is 35.1 Å². The molecular formula is C11H18N2O3. The average molecular weight is 226 g/mol. The van der Waals surface area contributed by atoms with Crippen LogP contribution in [0.1, 0.15) is 32.6 Å². The molecule has 0 unspecified atom stereocenters. The zero-order chi connectivity index (χ0) is 11.8. The molecular weight excluding hydrogens is 208 g/mol. The Kier molecular flexibility index (Phi) is 2.88. The third-order valence-electron chi connectivity index (χ3n) is 3.81. The van der Waals surface area contributed by atoms with Gasteiger partial charge in [0.25, 0.3) is 0 Å². The van der Waals surface area contributed by atoms with Crippen molar-refractivity contribution in [2.45, 2.75) is 44.2 Å². The minimum atomic E-state index is -0.692. The topological polar surface area (TPSA) is 78.4 Å². The molecule has 1 heterocycles. The Balaban J connectivity index is 1.97. The zero-order valence-electron chi connectivity index (χ0n) is 9.45. The van der Waals surface area contributed by atoms with E-state index in [9.17, 15) is 9.59 Å². The highest BCUT2D eigenvalue weighted by Gasteiger charge is 2.41. The molecule has 3 N–H and O–H groups in total. The highest BCUT2D eigenvalue weighted by molar-refractivity contribution is 5.82. The Bertz CT molecular complexity index is 308. The molecule has 5 nitrogen and oxygen atoms in total. The molecule has 2 aliphatic rings. The van der Waals surface area contributed by atoms with Gasteiger partial charge in [0.1, 0.15) is 0 Å². The third-order valence-corrected chi connectivity index (χ3v) is 3.81. The van der Waals surface area contributed by atoms with Gasteiger partial charge in [-0.15, -0.1) is 0 Å². The summed E-state index contributed by atoms with van der Waals surface area (Å²) in [6, 6.07) is -0.171. The number of carbonyl (C=O) groups is 2. The first-order valence-corrected chi connectivity index (χ1v) is 5.81. The smallest absolute Gasteiger partial charge is 0.306 e. The van der Waals surface area contributed by atoms with Gasteiger partial charge in [0.15, 0.2) is 0 Å². The lowest BCUT2D eigenvalue weighted by atomic mass is 9.75. The predicted octanol–water partition coefficient (Wildman–Crippen LogP) is 0.108. The molecule has 2 fully saturated rings. The molecule has 5 heteroatoms. The van der Waals surface area contributed by atoms with Crippen molar-refractivity contribution in [3.8, 4) is 0 Å². The maximum absolute atomic E-state index is 11.3. The van der Waals surface area contributed by atoms with Gasteiger partial charge in [-0.05, 0) is 32.6 Å². The predicted molar refractivity (Wildman–Crippen MR) is 57.9 cm³/mol. The molecule has 0 bridgehead atoms. The number of aliphatic carboxylic acids is 1. The summed E-state index contributed by atoms with van der Waals surface area (Å²) < 4.78 is 0. The summed E-state index contributed by atoms with van der Waals surface area (Å²) >= 11 is 0. The SMILES string of the molecule is C[C@@H]1NC2(CCC(C(=O)O)CC2)CNC1=O. The van der Waals surface area contributed by atoms with Gasteiger partial charge in [0.05, 0.1) is 12.0 Å². The molecule has 1 saturated carbocycles. The molecule has 0 aromatic carbocycles. The van der Waals surface area contributed by atoms with E-state index >= 15 is 0 Å². The second-order valence-corrected chi connectivity index (χ2v) is 4.98. The van der Waals surface area contributed by atoms with Crippen LogP contribution < -0.4 is 10.6 Å². The average Bonchev–Trinajstić information content (AvgIpc) is 2.25. The molecule has 1 amide bonds. The first-order valence-electron chi connectivity index (χ1n) is 5.81. The number of piperazine rings is 1. The van der Waals surface area contributed by atoms with Crippen LogP contribution in [0.4, 0.5) is 0 Å². The lowest BCUT2D eigenvalue weighted by molar-refractivity contribution is -0.143. The fourth-order valence-electron chi connectivity index (χ4n) is 2.72. The first-order chi connectivity index (χ1) is 7.52. The fourth-order valence-corrected chi connectivity index (χ4v) is 2.72. The number of carbonyl (C=O) groups excluding carboxylic acids is 1. The summed E-state index contributed by atoms with van der Waals surface area (Å²) in [7, 11) is 0. The van der Waals surface area contributed by atoms with Crippen LogP contribution in [-0.2, 0) is 9.59 Å². The second-order valence-electron chi connectivity index (χ2n) is 4.98. The number of hydrogen-bond acceptors (Lipinski definition) is 3. The number of carboxylic acid groups (broad SMARTS) is 1. The largest absolute Gasteiger partial charge is 0.481 e. The minimum absolute atomic E-state index is 0.0333. The Morgan fingerprint density at radius 1 is 1.44 bits per heavy atom. The molecule has 0 aromatic heterocycles. The van der Waals surface area contributed by atoms with Crippen molar-refractivity contribution >= 4 is 11.9 Å². The number of rotatable bonds is 1. The Morgan fingerprint density at radius 2 is 2.06 bits per heavy atom. The Labute approximate surface area is 94.6 Å². The number of carboxylic acids is 1. The quantitative estimate of drug-likeness (QED) is 0.593. The van der Waals surface area contributed by atoms with Gasteiger partial charge < -0.3 is 10.4 Å². The maximum Gasteiger partial charge on any atom is 0.306 e. The van der Waals surface area contributed by atoms with Crippen LogP contribution >= 0.6 is 0 Å². The van der Waals surface area contributed by atoms with Crippen LogP contribution in [0.5, 0.6) is 0 Å². The van der Waals surface area contributed by atoms with E-state index in [2.05, 4.69) is 10.6 Å². The van der Waals surface area contributed by atoms with E-state index < -0.39 is 5.97 Å². The van der Waals surface area contributed by atoms with E-state index in [1.807, 2.05) is 6.92 Å². The molecule has 1 aliphatic carbocycles. The van der Waals surface area contributed by atoms with Crippen LogP contribution in [0.3, 0.4) is 0 Å². The Morgan fingerprint density at radius 3 is 2.56 bits per heavy atom. The standard InChI is InChI=1S/C11H18N2O3/c1-7-9(14)12-6-11(13-7)4-2-8(3-5-11)10(15)16/h7-8,13H,2-6H2,1H3,(H,12,14)(H,15,16)/t7-,8?,11?/m0/s1. The lowest BCUT2D eigenvalue weighted by Crippen LogP contribution is -2.66. The Hall–Kier alpha value is -1.10. The molecule has 1 aliphatic heterocycles. The van der Waals surface area contributed by atoms with Crippen LogP contribution in [0.25, 0.3) is 0 Å². The van der Waals surface area contributed by atoms with E-state index in [1.54, 1.807) is 0 Å². The molecule has 2 rings (SSSR count). The van der Waals surface area contributed by atoms with Crippen molar-refractivity contribution in [3.63, 3.8) is 0 Å². The van der Waals surface area contributed by atoms with Crippen LogP contribution in [0.15, 0.2) is 0 Å². The molecule has 16 heavy (non-hydrogen) atoms. The van der Waals surface area contributed by atoms with Gasteiger partial charge >= 0.3 is 5.97 Å². The molecule has 0 aromatic rings. The minimum Gasteiger partial charge on any atom is -0.481 e. The molecule has 1 spiro atoms. The van der Waals surface area contributed by atoms with Crippen molar-refractivity contribution in [2.24, 2.45) is 5.92 Å². The summed E-state index contributed by atoms with van der Waals surface area (Å²) in [6.07, 6.45) is 3.05. The molecule has 1 saturated heterocycles. The highest BCUT2D eigenvalue weighted by atomic mass is 16.4. The van der Waals surface area contributed by atoms with Crippen molar-refractivity contribution in [1.82, 2.24) is 10.6 Å². The van der Waals surface area contributed by atoms with Gasteiger partial charge in [0, 0.05) is 12.1 Å². The zero-order valence-corrected chi connectivity index (χ0v) is 9.45. The van der Waals surface area contributed by atoms with Gasteiger partial charge in [-0.2, -0.15) is 0 Å². The van der Waals surface area contributed by atoms with Crippen molar-refractivity contribution in [1.29, 1.82) is 0 Å². The van der Waals surface area contributed by atoms with Crippen LogP contribution in [0, 0.1) is 5.92 Å². The normalized spacial score (nSPS) is 39.4. The van der Waals surface area contributed by atoms with Crippen molar-refractivity contribution < 1.29 is 14.7 Å². The number of hydrogen-bond donors (Lipinski definition) is 3. The molecule has 0 radical (unpaired) electrons. The summed E-state index contributed by atoms with van der Waals surface area (Å²) in [5.74, 6) is -0.867. The van der Waals surface area contributed by atoms with Gasteiger partial charge in [-0.3, -0.25) is 14.9 Å². The molecule has 1 atom stereocenters. The second kappa shape index (κ2) is 4.05. The van der Waals surface area contributed by atoms with Gasteiger partial charge in [-0.25, -0.2) is 0 Å². The van der Waals surface area contributed by atoms with E-state index in [0.29, 0.717) is 19.4 Å². The third kappa shape index (κ3) is 2.04. The van der Waals surface area contributed by atoms with Gasteiger partial charge in [-0.1, -0.05) is 0 Å². The first kappa shape index (κ1) is 11.4. The summed E-state index contributed by atoms with van der Waals surface area (Å²) in [6.45, 7) is 2.47. The summed E-state index contributed by atoms with van der Waals surface area (Å²) in [5, 5.41) is 15.2. The van der Waals surface area contributed by atoms with Crippen LogP contribution in [0.2, 0.25) is 0 Å². The number of nitrogens with one attached hydrogen (secondary N) is 2.